The fourth-order valence-electron chi connectivity index (χ4n) is 1.87. The van der Waals surface area contributed by atoms with Crippen LogP contribution >= 0.6 is 0 Å². The number of rotatable bonds is 3. The highest BCUT2D eigenvalue weighted by molar-refractivity contribution is 5.82. The Hall–Kier alpha value is -1.55. The standard InChI is InChI=1S/C12H16N2O2/c15-10-4-1-3-9(7-10)8-14-11-5-2-6-13-12(11)16/h1,3-4,7,11,14-15H,2,5-6,8H2,(H,13,16). The van der Waals surface area contributed by atoms with Gasteiger partial charge in [-0.25, -0.2) is 0 Å². The van der Waals surface area contributed by atoms with Crippen molar-refractivity contribution in [3.63, 3.8) is 0 Å². The number of hydrogen-bond acceptors (Lipinski definition) is 3. The fourth-order valence-corrected chi connectivity index (χ4v) is 1.87. The predicted molar refractivity (Wildman–Crippen MR) is 61.0 cm³/mol. The zero-order chi connectivity index (χ0) is 11.4. The summed E-state index contributed by atoms with van der Waals surface area (Å²) in [6, 6.07) is 6.96. The van der Waals surface area contributed by atoms with Gasteiger partial charge in [0.05, 0.1) is 6.04 Å². The van der Waals surface area contributed by atoms with E-state index in [1.54, 1.807) is 18.2 Å². The quantitative estimate of drug-likeness (QED) is 0.704. The normalized spacial score (nSPS) is 20.5. The highest BCUT2D eigenvalue weighted by Crippen LogP contribution is 2.11. The minimum absolute atomic E-state index is 0.0754. The van der Waals surface area contributed by atoms with Crippen molar-refractivity contribution in [1.29, 1.82) is 0 Å². The lowest BCUT2D eigenvalue weighted by Crippen LogP contribution is -2.47. The molecular formula is C12H16N2O2. The SMILES string of the molecule is O=C1NCCCC1NCc1cccc(O)c1. The summed E-state index contributed by atoms with van der Waals surface area (Å²) in [5.74, 6) is 0.332. The molecule has 0 aliphatic carbocycles. The van der Waals surface area contributed by atoms with E-state index >= 15 is 0 Å². The minimum Gasteiger partial charge on any atom is -0.508 e. The van der Waals surface area contributed by atoms with Gasteiger partial charge in [-0.3, -0.25) is 4.79 Å². The first-order valence-electron chi connectivity index (χ1n) is 5.55. The first-order chi connectivity index (χ1) is 7.75. The molecule has 3 N–H and O–H groups in total. The molecule has 2 rings (SSSR count). The Labute approximate surface area is 94.7 Å². The van der Waals surface area contributed by atoms with Crippen LogP contribution in [0.2, 0.25) is 0 Å². The van der Waals surface area contributed by atoms with E-state index in [4.69, 9.17) is 0 Å². The van der Waals surface area contributed by atoms with Crippen molar-refractivity contribution >= 4 is 5.91 Å². The molecule has 16 heavy (non-hydrogen) atoms. The number of hydrogen-bond donors (Lipinski definition) is 3. The average Bonchev–Trinajstić information content (AvgIpc) is 2.28. The van der Waals surface area contributed by atoms with Gasteiger partial charge in [0.1, 0.15) is 5.75 Å². The Bertz CT molecular complexity index is 379. The Morgan fingerprint density at radius 3 is 3.12 bits per heavy atom. The van der Waals surface area contributed by atoms with Crippen molar-refractivity contribution in [3.8, 4) is 5.75 Å². The van der Waals surface area contributed by atoms with Crippen LogP contribution in [-0.4, -0.2) is 23.6 Å². The first kappa shape index (κ1) is 11.0. The molecule has 0 saturated carbocycles. The molecule has 1 aliphatic rings. The van der Waals surface area contributed by atoms with Crippen molar-refractivity contribution in [1.82, 2.24) is 10.6 Å². The van der Waals surface area contributed by atoms with Crippen molar-refractivity contribution in [2.75, 3.05) is 6.54 Å². The molecule has 0 aromatic heterocycles. The van der Waals surface area contributed by atoms with E-state index in [9.17, 15) is 9.90 Å². The molecule has 1 heterocycles. The van der Waals surface area contributed by atoms with E-state index in [0.717, 1.165) is 24.9 Å². The zero-order valence-corrected chi connectivity index (χ0v) is 9.07. The monoisotopic (exact) mass is 220 g/mol. The lowest BCUT2D eigenvalue weighted by Gasteiger charge is -2.22. The van der Waals surface area contributed by atoms with Crippen molar-refractivity contribution in [2.45, 2.75) is 25.4 Å². The summed E-state index contributed by atoms with van der Waals surface area (Å²) < 4.78 is 0. The molecule has 1 amide bonds. The van der Waals surface area contributed by atoms with Crippen LogP contribution in [0.25, 0.3) is 0 Å². The van der Waals surface area contributed by atoms with Gasteiger partial charge >= 0.3 is 0 Å². The highest BCUT2D eigenvalue weighted by Gasteiger charge is 2.20. The first-order valence-corrected chi connectivity index (χ1v) is 5.55. The molecule has 1 aliphatic heterocycles. The van der Waals surface area contributed by atoms with Crippen LogP contribution in [0.5, 0.6) is 5.75 Å². The Morgan fingerprint density at radius 2 is 2.38 bits per heavy atom. The second kappa shape index (κ2) is 4.99. The second-order valence-electron chi connectivity index (χ2n) is 4.04. The van der Waals surface area contributed by atoms with E-state index in [1.165, 1.54) is 0 Å². The van der Waals surface area contributed by atoms with Gasteiger partial charge in [-0.2, -0.15) is 0 Å². The van der Waals surface area contributed by atoms with Crippen LogP contribution in [0, 0.1) is 0 Å². The number of carbonyl (C=O) groups is 1. The van der Waals surface area contributed by atoms with E-state index in [0.29, 0.717) is 6.54 Å². The zero-order valence-electron chi connectivity index (χ0n) is 9.07. The maximum absolute atomic E-state index is 11.5. The van der Waals surface area contributed by atoms with Gasteiger partial charge in [-0.05, 0) is 30.5 Å². The third-order valence-corrected chi connectivity index (χ3v) is 2.75. The highest BCUT2D eigenvalue weighted by atomic mass is 16.3. The molecule has 1 aromatic carbocycles. The van der Waals surface area contributed by atoms with Crippen molar-refractivity contribution in [2.24, 2.45) is 0 Å². The van der Waals surface area contributed by atoms with Gasteiger partial charge in [0.25, 0.3) is 0 Å². The molecule has 0 bridgehead atoms. The van der Waals surface area contributed by atoms with Crippen molar-refractivity contribution < 1.29 is 9.90 Å². The van der Waals surface area contributed by atoms with Gasteiger partial charge in [-0.1, -0.05) is 12.1 Å². The maximum Gasteiger partial charge on any atom is 0.237 e. The van der Waals surface area contributed by atoms with Gasteiger partial charge < -0.3 is 15.7 Å². The van der Waals surface area contributed by atoms with Crippen LogP contribution < -0.4 is 10.6 Å². The number of aromatic hydroxyl groups is 1. The van der Waals surface area contributed by atoms with Crippen LogP contribution in [0.1, 0.15) is 18.4 Å². The summed E-state index contributed by atoms with van der Waals surface area (Å²) in [5.41, 5.74) is 0.985. The van der Waals surface area contributed by atoms with Crippen LogP contribution in [0.3, 0.4) is 0 Å². The molecule has 86 valence electrons. The lowest BCUT2D eigenvalue weighted by atomic mass is 10.1. The molecule has 4 nitrogen and oxygen atoms in total. The van der Waals surface area contributed by atoms with Gasteiger partial charge in [0, 0.05) is 13.1 Å². The second-order valence-corrected chi connectivity index (χ2v) is 4.04. The maximum atomic E-state index is 11.5. The molecule has 1 aromatic rings. The summed E-state index contributed by atoms with van der Waals surface area (Å²) in [7, 11) is 0. The number of phenolic OH excluding ortho intramolecular Hbond substituents is 1. The van der Waals surface area contributed by atoms with Gasteiger partial charge in [-0.15, -0.1) is 0 Å². The van der Waals surface area contributed by atoms with Crippen LogP contribution in [0.15, 0.2) is 24.3 Å². The largest absolute Gasteiger partial charge is 0.508 e. The summed E-state index contributed by atoms with van der Waals surface area (Å²) in [4.78, 5) is 11.5. The number of amides is 1. The summed E-state index contributed by atoms with van der Waals surface area (Å²) in [6.45, 7) is 1.38. The van der Waals surface area contributed by atoms with E-state index in [2.05, 4.69) is 10.6 Å². The molecule has 1 atom stereocenters. The van der Waals surface area contributed by atoms with Gasteiger partial charge in [0.15, 0.2) is 0 Å². The number of benzene rings is 1. The third kappa shape index (κ3) is 2.73. The van der Waals surface area contributed by atoms with Crippen molar-refractivity contribution in [3.05, 3.63) is 29.8 Å². The molecule has 4 heteroatoms. The number of piperidine rings is 1. The number of nitrogens with one attached hydrogen (secondary N) is 2. The number of phenols is 1. The third-order valence-electron chi connectivity index (χ3n) is 2.75. The summed E-state index contributed by atoms with van der Waals surface area (Å²) in [5, 5.41) is 15.3. The summed E-state index contributed by atoms with van der Waals surface area (Å²) >= 11 is 0. The molecule has 1 fully saturated rings. The fraction of sp³-hybridized carbons (Fsp3) is 0.417. The smallest absolute Gasteiger partial charge is 0.237 e. The van der Waals surface area contributed by atoms with Crippen LogP contribution in [0.4, 0.5) is 0 Å². The Kier molecular flexibility index (Phi) is 3.41. The molecular weight excluding hydrogens is 204 g/mol. The summed E-state index contributed by atoms with van der Waals surface area (Å²) in [6.07, 6.45) is 1.90. The Balaban J connectivity index is 1.89. The van der Waals surface area contributed by atoms with Gasteiger partial charge in [0.2, 0.25) is 5.91 Å². The lowest BCUT2D eigenvalue weighted by molar-refractivity contribution is -0.124. The van der Waals surface area contributed by atoms with E-state index in [-0.39, 0.29) is 17.7 Å². The van der Waals surface area contributed by atoms with E-state index < -0.39 is 0 Å². The molecule has 0 radical (unpaired) electrons. The minimum atomic E-state index is -0.101. The average molecular weight is 220 g/mol. The molecule has 1 unspecified atom stereocenters. The molecule has 0 spiro atoms. The van der Waals surface area contributed by atoms with E-state index in [1.807, 2.05) is 6.07 Å². The Morgan fingerprint density at radius 1 is 1.50 bits per heavy atom. The number of carbonyl (C=O) groups excluding carboxylic acids is 1. The topological polar surface area (TPSA) is 61.4 Å². The predicted octanol–water partition coefficient (Wildman–Crippen LogP) is 0.760. The molecule has 1 saturated heterocycles. The van der Waals surface area contributed by atoms with Crippen LogP contribution in [-0.2, 0) is 11.3 Å².